The van der Waals surface area contributed by atoms with Crippen LogP contribution in [0.1, 0.15) is 30.6 Å². The molecule has 21 heavy (non-hydrogen) atoms. The minimum absolute atomic E-state index is 0.0379. The molecule has 6 nitrogen and oxygen atoms in total. The van der Waals surface area contributed by atoms with Crippen LogP contribution in [0.4, 0.5) is 10.1 Å². The van der Waals surface area contributed by atoms with Gasteiger partial charge in [0.2, 0.25) is 0 Å². The first-order valence-corrected chi connectivity index (χ1v) is 6.71. The number of rotatable bonds is 2. The van der Waals surface area contributed by atoms with Gasteiger partial charge in [0.1, 0.15) is 11.4 Å². The van der Waals surface area contributed by atoms with Gasteiger partial charge in [-0.3, -0.25) is 14.9 Å². The second-order valence-corrected chi connectivity index (χ2v) is 6.03. The zero-order valence-corrected chi connectivity index (χ0v) is 12.0. The lowest BCUT2D eigenvalue weighted by molar-refractivity contribution is -0.385. The SMILES string of the molecule is CC1(C)CN(C(=O)c2cc(F)ccc2[N+](=O)[O-])CCC1N. The van der Waals surface area contributed by atoms with E-state index in [9.17, 15) is 19.3 Å². The molecule has 7 heteroatoms. The Bertz CT molecular complexity index is 589. The predicted octanol–water partition coefficient (Wildman–Crippen LogP) is 1.93. The summed E-state index contributed by atoms with van der Waals surface area (Å²) in [4.78, 5) is 24.3. The van der Waals surface area contributed by atoms with Crippen LogP contribution in [0.5, 0.6) is 0 Å². The van der Waals surface area contributed by atoms with Crippen LogP contribution in [0.15, 0.2) is 18.2 Å². The molecule has 1 aliphatic rings. The molecule has 1 amide bonds. The molecule has 0 aromatic heterocycles. The van der Waals surface area contributed by atoms with Crippen molar-refractivity contribution in [3.05, 3.63) is 39.7 Å². The topological polar surface area (TPSA) is 89.5 Å². The maximum Gasteiger partial charge on any atom is 0.282 e. The molecule has 1 aromatic rings. The van der Waals surface area contributed by atoms with Crippen LogP contribution in [0.25, 0.3) is 0 Å². The zero-order valence-electron chi connectivity index (χ0n) is 12.0. The number of piperidine rings is 1. The zero-order chi connectivity index (χ0) is 15.8. The fraction of sp³-hybridized carbons (Fsp3) is 0.500. The number of nitro groups is 1. The highest BCUT2D eigenvalue weighted by molar-refractivity contribution is 5.98. The van der Waals surface area contributed by atoms with Gasteiger partial charge in [-0.2, -0.15) is 0 Å². The molecule has 0 bridgehead atoms. The van der Waals surface area contributed by atoms with Crippen LogP contribution >= 0.6 is 0 Å². The molecule has 1 aromatic carbocycles. The van der Waals surface area contributed by atoms with Gasteiger partial charge < -0.3 is 10.6 Å². The standard InChI is InChI=1S/C14H18FN3O3/c1-14(2)8-17(6-5-12(14)16)13(19)10-7-9(15)3-4-11(10)18(20)21/h3-4,7,12H,5-6,8,16H2,1-2H3. The number of amides is 1. The average molecular weight is 295 g/mol. The highest BCUT2D eigenvalue weighted by Gasteiger charge is 2.37. The molecule has 1 saturated heterocycles. The second-order valence-electron chi connectivity index (χ2n) is 6.03. The normalized spacial score (nSPS) is 21.1. The number of nitrogens with two attached hydrogens (primary N) is 1. The van der Waals surface area contributed by atoms with E-state index in [-0.39, 0.29) is 22.7 Å². The number of likely N-dealkylation sites (tertiary alicyclic amines) is 1. The minimum Gasteiger partial charge on any atom is -0.338 e. The fourth-order valence-electron chi connectivity index (χ4n) is 2.56. The van der Waals surface area contributed by atoms with E-state index in [1.165, 1.54) is 4.90 Å². The molecule has 0 aliphatic carbocycles. The number of carbonyl (C=O) groups is 1. The van der Waals surface area contributed by atoms with Crippen LogP contribution < -0.4 is 5.73 Å². The second kappa shape index (κ2) is 5.40. The molecule has 0 saturated carbocycles. The van der Waals surface area contributed by atoms with Crippen molar-refractivity contribution in [2.45, 2.75) is 26.3 Å². The number of nitro benzene ring substituents is 1. The van der Waals surface area contributed by atoms with E-state index in [4.69, 9.17) is 5.73 Å². The Morgan fingerprint density at radius 1 is 1.52 bits per heavy atom. The Kier molecular flexibility index (Phi) is 3.95. The molecular formula is C14H18FN3O3. The lowest BCUT2D eigenvalue weighted by Gasteiger charge is -2.42. The number of nitrogens with zero attached hydrogens (tertiary/aromatic N) is 2. The summed E-state index contributed by atoms with van der Waals surface area (Å²) in [6.07, 6.45) is 0.613. The summed E-state index contributed by atoms with van der Waals surface area (Å²) >= 11 is 0. The smallest absolute Gasteiger partial charge is 0.282 e. The van der Waals surface area contributed by atoms with Crippen molar-refractivity contribution in [2.75, 3.05) is 13.1 Å². The van der Waals surface area contributed by atoms with E-state index >= 15 is 0 Å². The highest BCUT2D eigenvalue weighted by atomic mass is 19.1. The van der Waals surface area contributed by atoms with E-state index in [1.807, 2.05) is 13.8 Å². The van der Waals surface area contributed by atoms with E-state index in [0.717, 1.165) is 18.2 Å². The summed E-state index contributed by atoms with van der Waals surface area (Å²) in [6, 6.07) is 2.88. The molecule has 1 unspecified atom stereocenters. The fourth-order valence-corrected chi connectivity index (χ4v) is 2.56. The maximum atomic E-state index is 13.3. The number of hydrogen-bond acceptors (Lipinski definition) is 4. The van der Waals surface area contributed by atoms with Crippen molar-refractivity contribution in [1.29, 1.82) is 0 Å². The first-order valence-electron chi connectivity index (χ1n) is 6.71. The van der Waals surface area contributed by atoms with Gasteiger partial charge in [-0.1, -0.05) is 13.8 Å². The van der Waals surface area contributed by atoms with Crippen LogP contribution in [0.2, 0.25) is 0 Å². The monoisotopic (exact) mass is 295 g/mol. The molecule has 1 heterocycles. The number of carbonyl (C=O) groups excluding carboxylic acids is 1. The summed E-state index contributed by atoms with van der Waals surface area (Å²) in [5, 5.41) is 11.0. The third kappa shape index (κ3) is 3.02. The van der Waals surface area contributed by atoms with Gasteiger partial charge in [0.25, 0.3) is 11.6 Å². The molecule has 1 atom stereocenters. The van der Waals surface area contributed by atoms with E-state index < -0.39 is 16.6 Å². The van der Waals surface area contributed by atoms with Gasteiger partial charge in [0.05, 0.1) is 4.92 Å². The van der Waals surface area contributed by atoms with E-state index in [2.05, 4.69) is 0 Å². The van der Waals surface area contributed by atoms with Crippen LogP contribution in [-0.2, 0) is 0 Å². The summed E-state index contributed by atoms with van der Waals surface area (Å²) < 4.78 is 13.3. The van der Waals surface area contributed by atoms with Gasteiger partial charge in [-0.05, 0) is 24.0 Å². The Labute approximate surface area is 121 Å². The van der Waals surface area contributed by atoms with Crippen molar-refractivity contribution >= 4 is 11.6 Å². The Morgan fingerprint density at radius 2 is 2.19 bits per heavy atom. The van der Waals surface area contributed by atoms with Crippen molar-refractivity contribution < 1.29 is 14.1 Å². The maximum absolute atomic E-state index is 13.3. The van der Waals surface area contributed by atoms with E-state index in [1.54, 1.807) is 0 Å². The predicted molar refractivity (Wildman–Crippen MR) is 75.3 cm³/mol. The Morgan fingerprint density at radius 3 is 2.76 bits per heavy atom. The van der Waals surface area contributed by atoms with Crippen molar-refractivity contribution in [3.8, 4) is 0 Å². The number of hydrogen-bond donors (Lipinski definition) is 1. The van der Waals surface area contributed by atoms with Crippen molar-refractivity contribution in [2.24, 2.45) is 11.1 Å². The first kappa shape index (κ1) is 15.4. The third-order valence-electron chi connectivity index (χ3n) is 3.99. The van der Waals surface area contributed by atoms with Crippen LogP contribution in [-0.4, -0.2) is 34.9 Å². The van der Waals surface area contributed by atoms with Crippen LogP contribution in [0, 0.1) is 21.3 Å². The molecule has 2 rings (SSSR count). The first-order chi connectivity index (χ1) is 9.72. The molecule has 1 fully saturated rings. The van der Waals surface area contributed by atoms with Crippen molar-refractivity contribution in [3.63, 3.8) is 0 Å². The summed E-state index contributed by atoms with van der Waals surface area (Å²) in [7, 11) is 0. The largest absolute Gasteiger partial charge is 0.338 e. The summed E-state index contributed by atoms with van der Waals surface area (Å²) in [6.45, 7) is 4.69. The van der Waals surface area contributed by atoms with Gasteiger partial charge in [0, 0.05) is 25.2 Å². The molecule has 0 radical (unpaired) electrons. The van der Waals surface area contributed by atoms with E-state index in [0.29, 0.717) is 19.5 Å². The highest BCUT2D eigenvalue weighted by Crippen LogP contribution is 2.30. The molecule has 2 N–H and O–H groups in total. The van der Waals surface area contributed by atoms with Crippen LogP contribution in [0.3, 0.4) is 0 Å². The quantitative estimate of drug-likeness (QED) is 0.667. The average Bonchev–Trinajstić information content (AvgIpc) is 2.40. The van der Waals surface area contributed by atoms with Gasteiger partial charge in [-0.25, -0.2) is 4.39 Å². The number of benzene rings is 1. The summed E-state index contributed by atoms with van der Waals surface area (Å²) in [5.41, 5.74) is 5.13. The van der Waals surface area contributed by atoms with Gasteiger partial charge in [0.15, 0.2) is 0 Å². The molecule has 0 spiro atoms. The molecular weight excluding hydrogens is 277 g/mol. The third-order valence-corrected chi connectivity index (χ3v) is 3.99. The summed E-state index contributed by atoms with van der Waals surface area (Å²) in [5.74, 6) is -1.20. The van der Waals surface area contributed by atoms with Gasteiger partial charge in [-0.15, -0.1) is 0 Å². The van der Waals surface area contributed by atoms with Gasteiger partial charge >= 0.3 is 0 Å². The Hall–Kier alpha value is -2.02. The molecule has 114 valence electrons. The minimum atomic E-state index is -0.673. The molecule has 1 aliphatic heterocycles. The lowest BCUT2D eigenvalue weighted by atomic mass is 9.79. The lowest BCUT2D eigenvalue weighted by Crippen LogP contribution is -2.54. The number of halogens is 1. The van der Waals surface area contributed by atoms with Crippen molar-refractivity contribution in [1.82, 2.24) is 4.90 Å². The Balaban J connectivity index is 2.32.